The quantitative estimate of drug-likeness (QED) is 0.526. The number of ether oxygens (including phenoxy) is 1. The predicted molar refractivity (Wildman–Crippen MR) is 93.4 cm³/mol. The van der Waals surface area contributed by atoms with Crippen LogP contribution in [0.15, 0.2) is 17.2 Å². The zero-order chi connectivity index (χ0) is 21.3. The van der Waals surface area contributed by atoms with Crippen LogP contribution in [-0.4, -0.2) is 60.8 Å². The van der Waals surface area contributed by atoms with Gasteiger partial charge < -0.3 is 25.4 Å². The van der Waals surface area contributed by atoms with Gasteiger partial charge in [-0.1, -0.05) is 0 Å². The van der Waals surface area contributed by atoms with Crippen molar-refractivity contribution in [3.05, 3.63) is 17.9 Å². The van der Waals surface area contributed by atoms with E-state index in [9.17, 15) is 22.4 Å². The van der Waals surface area contributed by atoms with Gasteiger partial charge in [-0.05, 0) is 13.0 Å². The lowest BCUT2D eigenvalue weighted by molar-refractivity contribution is -0.192. The van der Waals surface area contributed by atoms with Gasteiger partial charge in [-0.2, -0.15) is 18.3 Å². The normalized spacial score (nSPS) is 20.6. The number of carboxylic acid groups (broad SMARTS) is 1. The van der Waals surface area contributed by atoms with E-state index in [0.29, 0.717) is 23.0 Å². The number of fused-ring (bicyclic) bond motifs is 3. The Morgan fingerprint density at radius 1 is 1.38 bits per heavy atom. The summed E-state index contributed by atoms with van der Waals surface area (Å²) in [6.07, 6.45) is -5.08. The van der Waals surface area contributed by atoms with Gasteiger partial charge in [0, 0.05) is 19.2 Å². The van der Waals surface area contributed by atoms with Gasteiger partial charge in [0.05, 0.1) is 17.4 Å². The average molecular weight is 419 g/mol. The molecular formula is C16H17F4N5O4. The molecule has 0 aromatic heterocycles. The third-order valence-electron chi connectivity index (χ3n) is 4.39. The van der Waals surface area contributed by atoms with E-state index in [1.165, 1.54) is 6.07 Å². The van der Waals surface area contributed by atoms with Crippen molar-refractivity contribution in [3.63, 3.8) is 0 Å². The highest BCUT2D eigenvalue weighted by Crippen LogP contribution is 2.38. The smallest absolute Gasteiger partial charge is 0.483 e. The van der Waals surface area contributed by atoms with Crippen molar-refractivity contribution in [1.82, 2.24) is 10.7 Å². The number of carbonyl (C=O) groups excluding carboxylic acids is 1. The maximum Gasteiger partial charge on any atom is 0.490 e. The Labute approximate surface area is 161 Å². The monoisotopic (exact) mass is 419 g/mol. The zero-order valence-corrected chi connectivity index (χ0v) is 15.0. The first-order valence-corrected chi connectivity index (χ1v) is 8.47. The minimum Gasteiger partial charge on any atom is -0.483 e. The van der Waals surface area contributed by atoms with Crippen molar-refractivity contribution in [2.75, 3.05) is 29.9 Å². The number of hydrogen-bond acceptors (Lipinski definition) is 7. The number of hydrogen-bond donors (Lipinski definition) is 4. The molecule has 1 fully saturated rings. The Morgan fingerprint density at radius 2 is 2.03 bits per heavy atom. The number of amides is 1. The number of rotatable bonds is 2. The molecule has 3 aliphatic rings. The summed E-state index contributed by atoms with van der Waals surface area (Å²) in [5.41, 5.74) is 3.53. The number of amidine groups is 1. The second kappa shape index (κ2) is 7.73. The summed E-state index contributed by atoms with van der Waals surface area (Å²) in [6, 6.07) is 2.85. The second-order valence-electron chi connectivity index (χ2n) is 6.44. The molecule has 13 heteroatoms. The summed E-state index contributed by atoms with van der Waals surface area (Å²) in [6.45, 7) is 3.60. The van der Waals surface area contributed by atoms with Crippen molar-refractivity contribution in [2.24, 2.45) is 5.10 Å². The van der Waals surface area contributed by atoms with Gasteiger partial charge in [-0.15, -0.1) is 0 Å². The Morgan fingerprint density at radius 3 is 2.59 bits per heavy atom. The number of benzene rings is 1. The first-order valence-electron chi connectivity index (χ1n) is 8.47. The van der Waals surface area contributed by atoms with Gasteiger partial charge in [-0.3, -0.25) is 4.79 Å². The second-order valence-corrected chi connectivity index (χ2v) is 6.44. The lowest BCUT2D eigenvalue weighted by Crippen LogP contribution is -2.55. The summed E-state index contributed by atoms with van der Waals surface area (Å²) < 4.78 is 51.5. The average Bonchev–Trinajstić information content (AvgIpc) is 2.61. The van der Waals surface area contributed by atoms with E-state index in [4.69, 9.17) is 14.6 Å². The van der Waals surface area contributed by atoms with Crippen LogP contribution in [0.4, 0.5) is 28.9 Å². The van der Waals surface area contributed by atoms with Crippen LogP contribution in [0.2, 0.25) is 0 Å². The van der Waals surface area contributed by atoms with E-state index in [1.54, 1.807) is 17.9 Å². The Hall–Kier alpha value is -3.09. The fraction of sp³-hybridized carbons (Fsp3) is 0.438. The van der Waals surface area contributed by atoms with Gasteiger partial charge in [0.15, 0.2) is 5.84 Å². The van der Waals surface area contributed by atoms with E-state index in [0.717, 1.165) is 13.1 Å². The topological polar surface area (TPSA) is 115 Å². The third kappa shape index (κ3) is 4.34. The molecular weight excluding hydrogens is 402 g/mol. The molecule has 1 saturated heterocycles. The molecule has 0 aliphatic carbocycles. The fourth-order valence-corrected chi connectivity index (χ4v) is 2.77. The molecule has 0 saturated carbocycles. The van der Waals surface area contributed by atoms with E-state index in [-0.39, 0.29) is 24.4 Å². The largest absolute Gasteiger partial charge is 0.490 e. The number of carbonyl (C=O) groups is 2. The summed E-state index contributed by atoms with van der Waals surface area (Å²) in [5.74, 6) is -2.27. The minimum atomic E-state index is -5.08. The summed E-state index contributed by atoms with van der Waals surface area (Å²) in [4.78, 5) is 22.5. The molecule has 9 nitrogen and oxygen atoms in total. The Bertz CT molecular complexity index is 856. The van der Waals surface area contributed by atoms with Gasteiger partial charge >= 0.3 is 12.1 Å². The highest BCUT2D eigenvalue weighted by molar-refractivity contribution is 6.09. The predicted octanol–water partition coefficient (Wildman–Crippen LogP) is 0.873. The van der Waals surface area contributed by atoms with Crippen LogP contribution < -0.4 is 25.7 Å². The van der Waals surface area contributed by atoms with Crippen LogP contribution in [0.1, 0.15) is 6.92 Å². The van der Waals surface area contributed by atoms with Crippen LogP contribution in [0.25, 0.3) is 0 Å². The zero-order valence-electron chi connectivity index (χ0n) is 15.0. The fourth-order valence-electron chi connectivity index (χ4n) is 2.77. The molecule has 4 N–H and O–H groups in total. The van der Waals surface area contributed by atoms with Crippen LogP contribution in [-0.2, 0) is 9.59 Å². The number of aliphatic carboxylic acids is 1. The molecule has 0 radical (unpaired) electrons. The molecule has 4 rings (SSSR count). The van der Waals surface area contributed by atoms with Crippen LogP contribution in [0, 0.1) is 5.82 Å². The molecule has 3 aliphatic heterocycles. The summed E-state index contributed by atoms with van der Waals surface area (Å²) in [5, 5.41) is 17.4. The first-order chi connectivity index (χ1) is 13.6. The van der Waals surface area contributed by atoms with Gasteiger partial charge in [0.1, 0.15) is 24.2 Å². The number of halogens is 4. The summed E-state index contributed by atoms with van der Waals surface area (Å²) >= 11 is 0. The lowest BCUT2D eigenvalue weighted by Gasteiger charge is -2.38. The molecule has 0 bridgehead atoms. The van der Waals surface area contributed by atoms with Crippen molar-refractivity contribution < 1.29 is 37.0 Å². The van der Waals surface area contributed by atoms with Crippen LogP contribution >= 0.6 is 0 Å². The first kappa shape index (κ1) is 20.6. The Kier molecular flexibility index (Phi) is 5.50. The summed E-state index contributed by atoms with van der Waals surface area (Å²) in [7, 11) is 0. The lowest BCUT2D eigenvalue weighted by atomic mass is 10.1. The number of carboxylic acids is 1. The third-order valence-corrected chi connectivity index (χ3v) is 4.39. The van der Waals surface area contributed by atoms with E-state index >= 15 is 0 Å². The molecule has 0 spiro atoms. The molecule has 1 atom stereocenters. The van der Waals surface area contributed by atoms with Crippen molar-refractivity contribution >= 4 is 29.1 Å². The van der Waals surface area contributed by atoms with Gasteiger partial charge in [-0.25, -0.2) is 14.6 Å². The molecule has 1 aromatic rings. The number of nitrogens with zero attached hydrogens (tertiary/aromatic N) is 2. The number of anilines is 2. The van der Waals surface area contributed by atoms with Crippen LogP contribution in [0.3, 0.4) is 0 Å². The van der Waals surface area contributed by atoms with Crippen LogP contribution in [0.5, 0.6) is 5.75 Å². The van der Waals surface area contributed by atoms with Crippen molar-refractivity contribution in [1.29, 1.82) is 0 Å². The van der Waals surface area contributed by atoms with E-state index in [1.807, 2.05) is 0 Å². The standard InChI is InChI=1S/C14H16FN5O2.C2HF3O2/c1-7-14(21)19-18-13-6-22-12-2-9(15)10(3-11(12)20(7)13)17-8-4-16-5-8;3-2(4,5)1(6)7/h2-3,7-8,16-17H,4-6H2,1H3,(H,19,21);(H,6,7)/t7-;/m0./s1. The van der Waals surface area contributed by atoms with Crippen molar-refractivity contribution in [3.8, 4) is 5.75 Å². The molecule has 3 heterocycles. The maximum absolute atomic E-state index is 14.2. The molecule has 1 aromatic carbocycles. The SMILES string of the molecule is C[C@H]1C(=O)NN=C2COc3cc(F)c(NC4CNC4)cc3N21.O=C(O)C(F)(F)F. The molecule has 0 unspecified atom stereocenters. The maximum atomic E-state index is 14.2. The van der Waals surface area contributed by atoms with Crippen molar-refractivity contribution in [2.45, 2.75) is 25.2 Å². The molecule has 1 amide bonds. The highest BCUT2D eigenvalue weighted by Gasteiger charge is 2.38. The number of hydrazone groups is 1. The minimum absolute atomic E-state index is 0.196. The van der Waals surface area contributed by atoms with Gasteiger partial charge in [0.2, 0.25) is 0 Å². The van der Waals surface area contributed by atoms with E-state index < -0.39 is 18.2 Å². The highest BCUT2D eigenvalue weighted by atomic mass is 19.4. The van der Waals surface area contributed by atoms with E-state index in [2.05, 4.69) is 21.2 Å². The number of nitrogens with one attached hydrogen (secondary N) is 3. The molecule has 29 heavy (non-hydrogen) atoms. The Balaban J connectivity index is 0.000000298. The van der Waals surface area contributed by atoms with Gasteiger partial charge in [0.25, 0.3) is 5.91 Å². The number of alkyl halides is 3. The molecule has 158 valence electrons.